The second kappa shape index (κ2) is 9.17. The maximum Gasteiger partial charge on any atom is 0.261 e. The first-order valence-corrected chi connectivity index (χ1v) is 12.4. The molecule has 5 rings (SSSR count). The van der Waals surface area contributed by atoms with Crippen molar-refractivity contribution in [2.75, 3.05) is 33.4 Å². The normalized spacial score (nSPS) is 18.4. The number of ketones is 1. The molecule has 188 valence electrons. The van der Waals surface area contributed by atoms with Crippen molar-refractivity contribution >= 4 is 23.5 Å². The number of ether oxygens (including phenoxy) is 2. The molecule has 3 aliphatic rings. The standard InChI is InChI=1S/C28H30N2O6/c1-17-5-7-21-23(31)16-28(36-24(21)18(17)2)9-12-29(13-10-28)25(32)19-6-8-20-22(15-19)27(34)30(26(20)33)11-4-14-35-3/h5-8,15H,4,9-14,16H2,1-3H3. The second-order valence-corrected chi connectivity index (χ2v) is 9.93. The molecule has 0 aliphatic carbocycles. The van der Waals surface area contributed by atoms with Crippen molar-refractivity contribution in [2.24, 2.45) is 0 Å². The first-order valence-electron chi connectivity index (χ1n) is 12.4. The first-order chi connectivity index (χ1) is 17.2. The van der Waals surface area contributed by atoms with Gasteiger partial charge in [0, 0.05) is 51.8 Å². The zero-order chi connectivity index (χ0) is 25.6. The highest BCUT2D eigenvalue weighted by Crippen LogP contribution is 2.42. The van der Waals surface area contributed by atoms with Crippen molar-refractivity contribution in [3.05, 3.63) is 63.7 Å². The van der Waals surface area contributed by atoms with Crippen LogP contribution in [0.15, 0.2) is 30.3 Å². The molecule has 0 aromatic heterocycles. The molecule has 0 unspecified atom stereocenters. The third kappa shape index (κ3) is 3.99. The maximum atomic E-state index is 13.3. The van der Waals surface area contributed by atoms with Crippen LogP contribution in [0.1, 0.15) is 78.2 Å². The highest BCUT2D eigenvalue weighted by molar-refractivity contribution is 6.22. The summed E-state index contributed by atoms with van der Waals surface area (Å²) >= 11 is 0. The summed E-state index contributed by atoms with van der Waals surface area (Å²) in [5, 5.41) is 0. The number of piperidine rings is 1. The Bertz CT molecular complexity index is 1280. The summed E-state index contributed by atoms with van der Waals surface area (Å²) in [6.07, 6.45) is 1.95. The van der Waals surface area contributed by atoms with Gasteiger partial charge in [-0.1, -0.05) is 6.07 Å². The maximum absolute atomic E-state index is 13.3. The number of benzene rings is 2. The lowest BCUT2D eigenvalue weighted by molar-refractivity contribution is -0.00622. The highest BCUT2D eigenvalue weighted by atomic mass is 16.5. The number of Topliss-reactive ketones (excluding diaryl/α,β-unsaturated/α-hetero) is 1. The number of rotatable bonds is 5. The predicted molar refractivity (Wildman–Crippen MR) is 132 cm³/mol. The summed E-state index contributed by atoms with van der Waals surface area (Å²) < 4.78 is 11.5. The van der Waals surface area contributed by atoms with E-state index in [2.05, 4.69) is 0 Å². The minimum Gasteiger partial charge on any atom is -0.486 e. The fourth-order valence-electron chi connectivity index (χ4n) is 5.35. The molecule has 1 spiro atoms. The van der Waals surface area contributed by atoms with Crippen LogP contribution >= 0.6 is 0 Å². The first kappa shape index (κ1) is 24.2. The Hall–Kier alpha value is -3.52. The van der Waals surface area contributed by atoms with Gasteiger partial charge in [-0.25, -0.2) is 0 Å². The van der Waals surface area contributed by atoms with Gasteiger partial charge in [0.25, 0.3) is 17.7 Å². The number of methoxy groups -OCH3 is 1. The Morgan fingerprint density at radius 2 is 1.69 bits per heavy atom. The molecule has 0 bridgehead atoms. The van der Waals surface area contributed by atoms with Gasteiger partial charge in [0.1, 0.15) is 11.4 Å². The van der Waals surface area contributed by atoms with E-state index in [9.17, 15) is 19.2 Å². The zero-order valence-electron chi connectivity index (χ0n) is 20.9. The molecule has 3 amide bonds. The number of imide groups is 1. The van der Waals surface area contributed by atoms with Gasteiger partial charge in [-0.3, -0.25) is 24.1 Å². The zero-order valence-corrected chi connectivity index (χ0v) is 20.9. The van der Waals surface area contributed by atoms with Gasteiger partial charge in [0.15, 0.2) is 5.78 Å². The SMILES string of the molecule is COCCCN1C(=O)c2ccc(C(=O)N3CCC4(CC3)CC(=O)c3ccc(C)c(C)c3O4)cc2C1=O. The van der Waals surface area contributed by atoms with Crippen molar-refractivity contribution in [2.45, 2.75) is 45.1 Å². The smallest absolute Gasteiger partial charge is 0.261 e. The summed E-state index contributed by atoms with van der Waals surface area (Å²) in [7, 11) is 1.57. The minimum absolute atomic E-state index is 0.0796. The van der Waals surface area contributed by atoms with E-state index < -0.39 is 5.60 Å². The summed E-state index contributed by atoms with van der Waals surface area (Å²) in [4.78, 5) is 54.6. The summed E-state index contributed by atoms with van der Waals surface area (Å²) in [6, 6.07) is 8.49. The van der Waals surface area contributed by atoms with Crippen LogP contribution < -0.4 is 4.74 Å². The van der Waals surface area contributed by atoms with Crippen LogP contribution in [-0.4, -0.2) is 72.3 Å². The van der Waals surface area contributed by atoms with E-state index in [-0.39, 0.29) is 35.6 Å². The van der Waals surface area contributed by atoms with E-state index >= 15 is 0 Å². The number of nitrogens with zero attached hydrogens (tertiary/aromatic N) is 2. The van der Waals surface area contributed by atoms with Gasteiger partial charge in [-0.2, -0.15) is 0 Å². The topological polar surface area (TPSA) is 93.2 Å². The second-order valence-electron chi connectivity index (χ2n) is 9.93. The molecule has 0 atom stereocenters. The van der Waals surface area contributed by atoms with Crippen molar-refractivity contribution in [3.8, 4) is 5.75 Å². The number of hydrogen-bond donors (Lipinski definition) is 0. The van der Waals surface area contributed by atoms with Crippen LogP contribution in [0.25, 0.3) is 0 Å². The Kier molecular flexibility index (Phi) is 6.16. The molecule has 1 fully saturated rings. The number of fused-ring (bicyclic) bond motifs is 2. The molecule has 0 N–H and O–H groups in total. The molecule has 0 radical (unpaired) electrons. The highest BCUT2D eigenvalue weighted by Gasteiger charge is 2.44. The molecule has 2 aromatic carbocycles. The van der Waals surface area contributed by atoms with Gasteiger partial charge >= 0.3 is 0 Å². The molecule has 3 heterocycles. The monoisotopic (exact) mass is 490 g/mol. The van der Waals surface area contributed by atoms with Gasteiger partial charge < -0.3 is 14.4 Å². The van der Waals surface area contributed by atoms with Crippen LogP contribution in [0.4, 0.5) is 0 Å². The van der Waals surface area contributed by atoms with Crippen molar-refractivity contribution in [3.63, 3.8) is 0 Å². The molecule has 1 saturated heterocycles. The molecule has 3 aliphatic heterocycles. The number of hydrogen-bond acceptors (Lipinski definition) is 6. The van der Waals surface area contributed by atoms with Crippen molar-refractivity contribution < 1.29 is 28.7 Å². The fourth-order valence-corrected chi connectivity index (χ4v) is 5.35. The van der Waals surface area contributed by atoms with Crippen molar-refractivity contribution in [1.82, 2.24) is 9.80 Å². The van der Waals surface area contributed by atoms with Gasteiger partial charge in [0.05, 0.1) is 23.1 Å². The van der Waals surface area contributed by atoms with Gasteiger partial charge in [0.2, 0.25) is 0 Å². The van der Waals surface area contributed by atoms with Gasteiger partial charge in [-0.15, -0.1) is 0 Å². The molecule has 2 aromatic rings. The summed E-state index contributed by atoms with van der Waals surface area (Å²) in [5.41, 5.74) is 3.05. The van der Waals surface area contributed by atoms with Crippen LogP contribution in [0.5, 0.6) is 5.75 Å². The fraction of sp³-hybridized carbons (Fsp3) is 0.429. The molecule has 0 saturated carbocycles. The van der Waals surface area contributed by atoms with Crippen LogP contribution in [-0.2, 0) is 4.74 Å². The van der Waals surface area contributed by atoms with Crippen LogP contribution in [0, 0.1) is 13.8 Å². The largest absolute Gasteiger partial charge is 0.486 e. The Labute approximate surface area is 210 Å². The van der Waals surface area contributed by atoms with E-state index in [4.69, 9.17) is 9.47 Å². The lowest BCUT2D eigenvalue weighted by atomic mass is 9.81. The van der Waals surface area contributed by atoms with E-state index in [1.54, 1.807) is 24.1 Å². The van der Waals surface area contributed by atoms with Crippen molar-refractivity contribution in [1.29, 1.82) is 0 Å². The number of carbonyl (C=O) groups excluding carboxylic acids is 4. The Morgan fingerprint density at radius 1 is 1.00 bits per heavy atom. The number of carbonyl (C=O) groups is 4. The quantitative estimate of drug-likeness (QED) is 0.470. The minimum atomic E-state index is -0.609. The number of likely N-dealkylation sites (tertiary alicyclic amines) is 1. The Morgan fingerprint density at radius 3 is 2.42 bits per heavy atom. The predicted octanol–water partition coefficient (Wildman–Crippen LogP) is 3.58. The van der Waals surface area contributed by atoms with E-state index in [0.717, 1.165) is 11.1 Å². The van der Waals surface area contributed by atoms with E-state index in [0.29, 0.717) is 67.8 Å². The molecule has 8 heteroatoms. The Balaban J connectivity index is 1.29. The summed E-state index contributed by atoms with van der Waals surface area (Å²) in [6.45, 7) is 5.59. The molecular formula is C28H30N2O6. The average Bonchev–Trinajstić information content (AvgIpc) is 3.11. The van der Waals surface area contributed by atoms with E-state index in [1.165, 1.54) is 11.0 Å². The molecule has 8 nitrogen and oxygen atoms in total. The summed E-state index contributed by atoms with van der Waals surface area (Å²) in [5.74, 6) is -0.161. The number of aryl methyl sites for hydroxylation is 1. The molecule has 36 heavy (non-hydrogen) atoms. The third-order valence-electron chi connectivity index (χ3n) is 7.69. The van der Waals surface area contributed by atoms with Gasteiger partial charge in [-0.05, 0) is 55.7 Å². The van der Waals surface area contributed by atoms with E-state index in [1.807, 2.05) is 26.0 Å². The lowest BCUT2D eigenvalue weighted by Gasteiger charge is -2.44. The third-order valence-corrected chi connectivity index (χ3v) is 7.69. The van der Waals surface area contributed by atoms with Crippen LogP contribution in [0.3, 0.4) is 0 Å². The lowest BCUT2D eigenvalue weighted by Crippen LogP contribution is -2.52. The number of amides is 3. The molecular weight excluding hydrogens is 460 g/mol. The average molecular weight is 491 g/mol. The van der Waals surface area contributed by atoms with Crippen LogP contribution in [0.2, 0.25) is 0 Å².